The topological polar surface area (TPSA) is 70.9 Å². The number of aryl methyl sites for hydroxylation is 1. The third-order valence-electron chi connectivity index (χ3n) is 3.62. The maximum absolute atomic E-state index is 12.5. The minimum Gasteiger partial charge on any atom is -0.441 e. The van der Waals surface area contributed by atoms with Crippen LogP contribution in [0.1, 0.15) is 16.4 Å². The second-order valence-electron chi connectivity index (χ2n) is 5.23. The summed E-state index contributed by atoms with van der Waals surface area (Å²) in [6.07, 6.45) is 0. The maximum atomic E-state index is 12.5. The highest BCUT2D eigenvalue weighted by molar-refractivity contribution is 6.39. The van der Waals surface area contributed by atoms with Gasteiger partial charge in [0, 0.05) is 23.5 Å². The number of nitrogens with one attached hydrogen (secondary N) is 2. The fourth-order valence-electron chi connectivity index (χ4n) is 2.58. The van der Waals surface area contributed by atoms with Gasteiger partial charge in [0.2, 0.25) is 0 Å². The number of para-hydroxylation sites is 1. The fourth-order valence-corrected chi connectivity index (χ4v) is 2.88. The average molecular weight is 326 g/mol. The zero-order valence-corrected chi connectivity index (χ0v) is 12.9. The van der Waals surface area contributed by atoms with Gasteiger partial charge in [0.15, 0.2) is 11.5 Å². The molecular formula is C17H12ClN3O2. The third-order valence-corrected chi connectivity index (χ3v) is 4.01. The maximum Gasteiger partial charge on any atom is 0.273 e. The van der Waals surface area contributed by atoms with Gasteiger partial charge in [-0.15, -0.1) is 0 Å². The molecule has 0 unspecified atom stereocenters. The molecule has 2 aromatic heterocycles. The first-order chi connectivity index (χ1) is 11.1. The molecule has 114 valence electrons. The highest BCUT2D eigenvalue weighted by Crippen LogP contribution is 2.28. The molecule has 2 N–H and O–H groups in total. The minimum absolute atomic E-state index is 0.300. The minimum atomic E-state index is -0.300. The van der Waals surface area contributed by atoms with E-state index in [2.05, 4.69) is 15.3 Å². The fraction of sp³-hybridized carbons (Fsp3) is 0.0588. The SMILES string of the molecule is Cc1nc2cc(NC(=O)c3[nH]c4ccccc4c3Cl)ccc2o1. The summed E-state index contributed by atoms with van der Waals surface area (Å²) < 4.78 is 5.42. The first kappa shape index (κ1) is 13.8. The number of rotatable bonds is 2. The lowest BCUT2D eigenvalue weighted by atomic mass is 10.2. The van der Waals surface area contributed by atoms with Crippen LogP contribution in [0.2, 0.25) is 5.02 Å². The van der Waals surface area contributed by atoms with Crippen LogP contribution in [0.25, 0.3) is 22.0 Å². The van der Waals surface area contributed by atoms with Gasteiger partial charge in [0.05, 0.1) is 5.02 Å². The Balaban J connectivity index is 1.68. The number of anilines is 1. The van der Waals surface area contributed by atoms with Crippen LogP contribution in [0.15, 0.2) is 46.9 Å². The second-order valence-corrected chi connectivity index (χ2v) is 5.61. The molecule has 4 aromatic rings. The van der Waals surface area contributed by atoms with E-state index in [4.69, 9.17) is 16.0 Å². The third kappa shape index (κ3) is 2.35. The summed E-state index contributed by atoms with van der Waals surface area (Å²) in [7, 11) is 0. The van der Waals surface area contributed by atoms with E-state index in [1.807, 2.05) is 24.3 Å². The van der Waals surface area contributed by atoms with E-state index in [0.717, 1.165) is 10.9 Å². The van der Waals surface area contributed by atoms with Crippen LogP contribution in [0.3, 0.4) is 0 Å². The summed E-state index contributed by atoms with van der Waals surface area (Å²) in [6, 6.07) is 12.8. The predicted molar refractivity (Wildman–Crippen MR) is 90.0 cm³/mol. The van der Waals surface area contributed by atoms with Gasteiger partial charge in [-0.1, -0.05) is 29.8 Å². The van der Waals surface area contributed by atoms with Gasteiger partial charge < -0.3 is 14.7 Å². The van der Waals surface area contributed by atoms with Crippen LogP contribution in [-0.4, -0.2) is 15.9 Å². The molecule has 0 bridgehead atoms. The van der Waals surface area contributed by atoms with E-state index in [0.29, 0.717) is 33.4 Å². The van der Waals surface area contributed by atoms with Crippen molar-refractivity contribution < 1.29 is 9.21 Å². The Hall–Kier alpha value is -2.79. The summed E-state index contributed by atoms with van der Waals surface area (Å²) >= 11 is 6.30. The number of aromatic amines is 1. The van der Waals surface area contributed by atoms with Gasteiger partial charge in [-0.05, 0) is 24.3 Å². The molecule has 0 fully saturated rings. The first-order valence-corrected chi connectivity index (χ1v) is 7.44. The molecule has 0 spiro atoms. The Morgan fingerprint density at radius 3 is 2.91 bits per heavy atom. The van der Waals surface area contributed by atoms with Gasteiger partial charge in [0.1, 0.15) is 11.2 Å². The Morgan fingerprint density at radius 2 is 2.09 bits per heavy atom. The van der Waals surface area contributed by atoms with E-state index >= 15 is 0 Å². The van der Waals surface area contributed by atoms with E-state index in [9.17, 15) is 4.79 Å². The van der Waals surface area contributed by atoms with Crippen molar-refractivity contribution in [3.05, 3.63) is 59.1 Å². The molecule has 5 nitrogen and oxygen atoms in total. The van der Waals surface area contributed by atoms with Crippen molar-refractivity contribution >= 4 is 45.2 Å². The number of nitrogens with zero attached hydrogens (tertiary/aromatic N) is 1. The van der Waals surface area contributed by atoms with Gasteiger partial charge >= 0.3 is 0 Å². The number of aromatic nitrogens is 2. The summed E-state index contributed by atoms with van der Waals surface area (Å²) in [6.45, 7) is 1.78. The van der Waals surface area contributed by atoms with Crippen LogP contribution < -0.4 is 5.32 Å². The van der Waals surface area contributed by atoms with E-state index in [1.54, 1.807) is 25.1 Å². The molecular weight excluding hydrogens is 314 g/mol. The second kappa shape index (κ2) is 5.14. The van der Waals surface area contributed by atoms with Crippen LogP contribution in [0.4, 0.5) is 5.69 Å². The lowest BCUT2D eigenvalue weighted by Crippen LogP contribution is -2.12. The average Bonchev–Trinajstić information content (AvgIpc) is 3.07. The molecule has 0 saturated heterocycles. The number of hydrogen-bond donors (Lipinski definition) is 2. The van der Waals surface area contributed by atoms with E-state index in [-0.39, 0.29) is 5.91 Å². The highest BCUT2D eigenvalue weighted by Gasteiger charge is 2.16. The Morgan fingerprint density at radius 1 is 1.26 bits per heavy atom. The number of amides is 1. The van der Waals surface area contributed by atoms with Crippen molar-refractivity contribution in [1.29, 1.82) is 0 Å². The Kier molecular flexibility index (Phi) is 3.09. The number of hydrogen-bond acceptors (Lipinski definition) is 3. The molecule has 0 aliphatic carbocycles. The van der Waals surface area contributed by atoms with Gasteiger partial charge in [0.25, 0.3) is 5.91 Å². The summed E-state index contributed by atoms with van der Waals surface area (Å²) in [5, 5.41) is 4.06. The molecule has 0 aliphatic heterocycles. The van der Waals surface area contributed by atoms with Gasteiger partial charge in [-0.3, -0.25) is 4.79 Å². The molecule has 0 saturated carbocycles. The van der Waals surface area contributed by atoms with E-state index in [1.165, 1.54) is 0 Å². The molecule has 2 heterocycles. The van der Waals surface area contributed by atoms with Crippen LogP contribution in [0.5, 0.6) is 0 Å². The Bertz CT molecular complexity index is 1050. The quantitative estimate of drug-likeness (QED) is 0.569. The molecule has 0 aliphatic rings. The molecule has 4 rings (SSSR count). The summed E-state index contributed by atoms with van der Waals surface area (Å²) in [5.41, 5.74) is 3.17. The number of carbonyl (C=O) groups excluding carboxylic acids is 1. The smallest absolute Gasteiger partial charge is 0.273 e. The molecule has 23 heavy (non-hydrogen) atoms. The lowest BCUT2D eigenvalue weighted by Gasteiger charge is -2.03. The number of benzene rings is 2. The Labute approximate surface area is 136 Å². The number of H-pyrrole nitrogens is 1. The van der Waals surface area contributed by atoms with Crippen molar-refractivity contribution in [1.82, 2.24) is 9.97 Å². The van der Waals surface area contributed by atoms with Crippen molar-refractivity contribution in [3.63, 3.8) is 0 Å². The molecule has 2 aromatic carbocycles. The first-order valence-electron chi connectivity index (χ1n) is 7.06. The van der Waals surface area contributed by atoms with Crippen molar-refractivity contribution in [3.8, 4) is 0 Å². The molecule has 0 radical (unpaired) electrons. The highest BCUT2D eigenvalue weighted by atomic mass is 35.5. The van der Waals surface area contributed by atoms with Crippen molar-refractivity contribution in [2.75, 3.05) is 5.32 Å². The van der Waals surface area contributed by atoms with E-state index < -0.39 is 0 Å². The largest absolute Gasteiger partial charge is 0.441 e. The van der Waals surface area contributed by atoms with Crippen molar-refractivity contribution in [2.24, 2.45) is 0 Å². The van der Waals surface area contributed by atoms with Crippen LogP contribution >= 0.6 is 11.6 Å². The lowest BCUT2D eigenvalue weighted by molar-refractivity contribution is 0.102. The summed E-state index contributed by atoms with van der Waals surface area (Å²) in [5.74, 6) is 0.285. The number of oxazole rings is 1. The normalized spacial score (nSPS) is 11.2. The number of fused-ring (bicyclic) bond motifs is 2. The predicted octanol–water partition coefficient (Wildman–Crippen LogP) is 4.52. The zero-order valence-electron chi connectivity index (χ0n) is 12.2. The molecule has 6 heteroatoms. The monoisotopic (exact) mass is 325 g/mol. The standard InChI is InChI=1S/C17H12ClN3O2/c1-9-19-13-8-10(6-7-14(13)23-9)20-17(22)16-15(18)11-4-2-3-5-12(11)21-16/h2-8,21H,1H3,(H,20,22). The van der Waals surface area contributed by atoms with Crippen LogP contribution in [0, 0.1) is 6.92 Å². The molecule has 0 atom stereocenters. The zero-order chi connectivity index (χ0) is 16.0. The summed E-state index contributed by atoms with van der Waals surface area (Å²) in [4.78, 5) is 19.8. The van der Waals surface area contributed by atoms with Crippen molar-refractivity contribution in [2.45, 2.75) is 6.92 Å². The molecule has 1 amide bonds. The van der Waals surface area contributed by atoms with Gasteiger partial charge in [-0.2, -0.15) is 0 Å². The number of carbonyl (C=O) groups is 1. The number of halogens is 1. The van der Waals surface area contributed by atoms with Gasteiger partial charge in [-0.25, -0.2) is 4.98 Å². The van der Waals surface area contributed by atoms with Crippen LogP contribution in [-0.2, 0) is 0 Å².